The third kappa shape index (κ3) is 2.41. The molecule has 104 valence electrons. The number of halogens is 1. The molecule has 2 aromatic carbocycles. The molecule has 0 saturated heterocycles. The molecule has 0 fully saturated rings. The van der Waals surface area contributed by atoms with Crippen LogP contribution in [0.4, 0.5) is 4.39 Å². The zero-order valence-corrected chi connectivity index (χ0v) is 11.6. The molecule has 1 aliphatic rings. The lowest BCUT2D eigenvalue weighted by Crippen LogP contribution is -2.19. The number of hydrogen-bond acceptors (Lipinski definition) is 2. The number of fused-ring (bicyclic) bond motifs is 1. The van der Waals surface area contributed by atoms with E-state index in [1.54, 1.807) is 6.07 Å². The molecule has 1 heterocycles. The lowest BCUT2D eigenvalue weighted by atomic mass is 9.93. The van der Waals surface area contributed by atoms with Crippen molar-refractivity contribution in [2.24, 2.45) is 0 Å². The molecule has 1 aliphatic heterocycles. The number of rotatable bonds is 1. The van der Waals surface area contributed by atoms with Crippen LogP contribution in [0.15, 0.2) is 36.4 Å². The van der Waals surface area contributed by atoms with Gasteiger partial charge in [-0.25, -0.2) is 4.39 Å². The van der Waals surface area contributed by atoms with Gasteiger partial charge in [-0.15, -0.1) is 0 Å². The fourth-order valence-electron chi connectivity index (χ4n) is 2.82. The van der Waals surface area contributed by atoms with E-state index in [9.17, 15) is 9.50 Å². The fraction of sp³-hybridized carbons (Fsp3) is 0.294. The van der Waals surface area contributed by atoms with Gasteiger partial charge in [-0.05, 0) is 31.5 Å². The number of benzene rings is 2. The van der Waals surface area contributed by atoms with Crippen molar-refractivity contribution >= 4 is 0 Å². The van der Waals surface area contributed by atoms with Gasteiger partial charge in [0.15, 0.2) is 0 Å². The maximum Gasteiger partial charge on any atom is 0.128 e. The molecule has 0 aromatic heterocycles. The van der Waals surface area contributed by atoms with Gasteiger partial charge >= 0.3 is 0 Å². The molecule has 3 heteroatoms. The first kappa shape index (κ1) is 13.1. The van der Waals surface area contributed by atoms with Crippen LogP contribution in [0.5, 0.6) is 5.75 Å². The molecular formula is C17H17FO2. The van der Waals surface area contributed by atoms with Gasteiger partial charge in [0.1, 0.15) is 17.7 Å². The SMILES string of the molecule is Cc1cc(C)cc(C2CC(O)c3ccc(F)cc3O2)c1. The van der Waals surface area contributed by atoms with Gasteiger partial charge in [-0.3, -0.25) is 0 Å². The number of aryl methyl sites for hydroxylation is 2. The summed E-state index contributed by atoms with van der Waals surface area (Å²) < 4.78 is 19.2. The highest BCUT2D eigenvalue weighted by Crippen LogP contribution is 2.41. The van der Waals surface area contributed by atoms with E-state index in [2.05, 4.69) is 18.2 Å². The van der Waals surface area contributed by atoms with Crippen LogP contribution < -0.4 is 4.74 Å². The molecule has 2 atom stereocenters. The van der Waals surface area contributed by atoms with Crippen molar-refractivity contribution in [2.45, 2.75) is 32.5 Å². The average molecular weight is 272 g/mol. The Balaban J connectivity index is 1.98. The molecule has 2 nitrogen and oxygen atoms in total. The Morgan fingerprint density at radius 2 is 1.80 bits per heavy atom. The van der Waals surface area contributed by atoms with Gasteiger partial charge in [0.2, 0.25) is 0 Å². The smallest absolute Gasteiger partial charge is 0.128 e. The van der Waals surface area contributed by atoms with Gasteiger partial charge in [0, 0.05) is 18.1 Å². The second kappa shape index (κ2) is 4.91. The van der Waals surface area contributed by atoms with E-state index >= 15 is 0 Å². The summed E-state index contributed by atoms with van der Waals surface area (Å²) >= 11 is 0. The molecule has 3 rings (SSSR count). The van der Waals surface area contributed by atoms with Crippen molar-refractivity contribution in [2.75, 3.05) is 0 Å². The molecule has 2 unspecified atom stereocenters. The van der Waals surface area contributed by atoms with Crippen LogP contribution in [-0.2, 0) is 0 Å². The summed E-state index contributed by atoms with van der Waals surface area (Å²) in [6.45, 7) is 4.06. The van der Waals surface area contributed by atoms with Gasteiger partial charge in [-0.1, -0.05) is 29.3 Å². The van der Waals surface area contributed by atoms with Gasteiger partial charge in [-0.2, -0.15) is 0 Å². The highest BCUT2D eigenvalue weighted by Gasteiger charge is 2.28. The molecule has 2 aromatic rings. The van der Waals surface area contributed by atoms with Gasteiger partial charge in [0.25, 0.3) is 0 Å². The van der Waals surface area contributed by atoms with Crippen molar-refractivity contribution in [3.05, 3.63) is 64.5 Å². The van der Waals surface area contributed by atoms with E-state index in [0.717, 1.165) is 16.7 Å². The highest BCUT2D eigenvalue weighted by molar-refractivity contribution is 5.40. The van der Waals surface area contributed by atoms with Crippen LogP contribution >= 0.6 is 0 Å². The Hall–Kier alpha value is -1.87. The predicted molar refractivity (Wildman–Crippen MR) is 75.3 cm³/mol. The van der Waals surface area contributed by atoms with E-state index in [0.29, 0.717) is 17.7 Å². The first-order valence-corrected chi connectivity index (χ1v) is 6.75. The summed E-state index contributed by atoms with van der Waals surface area (Å²) in [5.74, 6) is 0.0879. The quantitative estimate of drug-likeness (QED) is 0.850. The summed E-state index contributed by atoms with van der Waals surface area (Å²) in [7, 11) is 0. The zero-order valence-electron chi connectivity index (χ0n) is 11.6. The molecule has 0 aliphatic carbocycles. The van der Waals surface area contributed by atoms with Crippen LogP contribution in [0, 0.1) is 19.7 Å². The minimum Gasteiger partial charge on any atom is -0.485 e. The normalized spacial score (nSPS) is 21.2. The second-order valence-corrected chi connectivity index (χ2v) is 5.46. The highest BCUT2D eigenvalue weighted by atomic mass is 19.1. The standard InChI is InChI=1S/C17H17FO2/c1-10-5-11(2)7-12(6-10)16-9-15(19)14-4-3-13(18)8-17(14)20-16/h3-8,15-16,19H,9H2,1-2H3. The van der Waals surface area contributed by atoms with Crippen LogP contribution in [0.2, 0.25) is 0 Å². The summed E-state index contributed by atoms with van der Waals surface area (Å²) in [4.78, 5) is 0. The van der Waals surface area contributed by atoms with Crippen LogP contribution in [0.25, 0.3) is 0 Å². The maximum atomic E-state index is 13.3. The van der Waals surface area contributed by atoms with E-state index in [1.807, 2.05) is 13.8 Å². The minimum atomic E-state index is -0.620. The van der Waals surface area contributed by atoms with Crippen molar-refractivity contribution in [3.8, 4) is 5.75 Å². The van der Waals surface area contributed by atoms with Crippen LogP contribution in [-0.4, -0.2) is 5.11 Å². The number of hydrogen-bond donors (Lipinski definition) is 1. The van der Waals surface area contributed by atoms with E-state index in [4.69, 9.17) is 4.74 Å². The molecule has 20 heavy (non-hydrogen) atoms. The Morgan fingerprint density at radius 3 is 2.50 bits per heavy atom. The maximum absolute atomic E-state index is 13.3. The third-order valence-corrected chi connectivity index (χ3v) is 3.66. The molecule has 0 amide bonds. The number of ether oxygens (including phenoxy) is 1. The summed E-state index contributed by atoms with van der Waals surface area (Å²) in [6.07, 6.45) is -0.371. The van der Waals surface area contributed by atoms with E-state index in [-0.39, 0.29) is 11.9 Å². The summed E-state index contributed by atoms with van der Waals surface area (Å²) in [5, 5.41) is 10.2. The Kier molecular flexibility index (Phi) is 3.22. The lowest BCUT2D eigenvalue weighted by molar-refractivity contribution is 0.0653. The molecule has 0 spiro atoms. The van der Waals surface area contributed by atoms with E-state index in [1.165, 1.54) is 12.1 Å². The van der Waals surface area contributed by atoms with Gasteiger partial charge in [0.05, 0.1) is 6.10 Å². The van der Waals surface area contributed by atoms with Crippen molar-refractivity contribution in [1.29, 1.82) is 0 Å². The monoisotopic (exact) mass is 272 g/mol. The van der Waals surface area contributed by atoms with Crippen molar-refractivity contribution < 1.29 is 14.2 Å². The topological polar surface area (TPSA) is 29.5 Å². The predicted octanol–water partition coefficient (Wildman–Crippen LogP) is 4.00. The minimum absolute atomic E-state index is 0.238. The average Bonchev–Trinajstić information content (AvgIpc) is 2.36. The number of aliphatic hydroxyl groups is 1. The molecule has 1 N–H and O–H groups in total. The largest absolute Gasteiger partial charge is 0.485 e. The van der Waals surface area contributed by atoms with Crippen molar-refractivity contribution in [1.82, 2.24) is 0 Å². The first-order chi connectivity index (χ1) is 9.52. The van der Waals surface area contributed by atoms with Crippen LogP contribution in [0.3, 0.4) is 0 Å². The Labute approximate surface area is 117 Å². The molecule has 0 bridgehead atoms. The van der Waals surface area contributed by atoms with Crippen molar-refractivity contribution in [3.63, 3.8) is 0 Å². The fourth-order valence-corrected chi connectivity index (χ4v) is 2.82. The summed E-state index contributed by atoms with van der Waals surface area (Å²) in [5.41, 5.74) is 4.00. The Bertz CT molecular complexity index is 631. The third-order valence-electron chi connectivity index (χ3n) is 3.66. The second-order valence-electron chi connectivity index (χ2n) is 5.46. The molecular weight excluding hydrogens is 255 g/mol. The van der Waals surface area contributed by atoms with Crippen LogP contribution in [0.1, 0.15) is 40.9 Å². The lowest BCUT2D eigenvalue weighted by Gasteiger charge is -2.30. The first-order valence-electron chi connectivity index (χ1n) is 6.75. The number of aliphatic hydroxyl groups excluding tert-OH is 1. The molecule has 0 radical (unpaired) electrons. The van der Waals surface area contributed by atoms with Gasteiger partial charge < -0.3 is 9.84 Å². The Morgan fingerprint density at radius 1 is 1.10 bits per heavy atom. The molecule has 0 saturated carbocycles. The van der Waals surface area contributed by atoms with E-state index < -0.39 is 6.10 Å². The summed E-state index contributed by atoms with van der Waals surface area (Å²) in [6, 6.07) is 10.5. The zero-order chi connectivity index (χ0) is 14.3.